The second-order valence-corrected chi connectivity index (χ2v) is 7.47. The van der Waals surface area contributed by atoms with Gasteiger partial charge in [-0.15, -0.1) is 16.4 Å². The van der Waals surface area contributed by atoms with E-state index in [0.29, 0.717) is 12.4 Å². The third kappa shape index (κ3) is 2.33. The molecule has 7 nitrogen and oxygen atoms in total. The number of ketones is 1. The summed E-state index contributed by atoms with van der Waals surface area (Å²) < 4.78 is 1.69. The van der Waals surface area contributed by atoms with Crippen molar-refractivity contribution in [1.82, 2.24) is 19.7 Å². The molecule has 4 heterocycles. The fraction of sp³-hybridized carbons (Fsp3) is 0.222. The second kappa shape index (κ2) is 5.77. The zero-order chi connectivity index (χ0) is 17.7. The number of carbonyl (C=O) groups is 1. The standard InChI is InChI=1S/C18H16N6OS/c19-17-22-18-21-12-7-11(14-4-2-6-26-14)8-13(25)15(12)16(24(18)23-17)10-3-1-5-20-9-10/h1-6,9,11,16H,7-8H2,(H3,19,21,22,23)/t11-,16-/m0/s1. The third-order valence-electron chi connectivity index (χ3n) is 4.88. The van der Waals surface area contributed by atoms with Gasteiger partial charge in [-0.1, -0.05) is 12.1 Å². The van der Waals surface area contributed by atoms with Gasteiger partial charge in [-0.2, -0.15) is 4.98 Å². The molecule has 3 aromatic rings. The minimum atomic E-state index is -0.350. The summed E-state index contributed by atoms with van der Waals surface area (Å²) in [5.74, 6) is 1.07. The molecule has 26 heavy (non-hydrogen) atoms. The highest BCUT2D eigenvalue weighted by molar-refractivity contribution is 7.10. The second-order valence-electron chi connectivity index (χ2n) is 6.49. The Kier molecular flexibility index (Phi) is 3.39. The summed E-state index contributed by atoms with van der Waals surface area (Å²) in [6, 6.07) is 7.58. The molecule has 0 fully saturated rings. The van der Waals surface area contributed by atoms with Gasteiger partial charge in [0.25, 0.3) is 0 Å². The number of allylic oxidation sites excluding steroid dienone is 2. The van der Waals surface area contributed by atoms with Crippen molar-refractivity contribution in [3.05, 3.63) is 63.7 Å². The van der Waals surface area contributed by atoms with E-state index in [9.17, 15) is 4.79 Å². The number of Topliss-reactive ketones (excluding diaryl/α,β-unsaturated/α-hetero) is 1. The van der Waals surface area contributed by atoms with Crippen molar-refractivity contribution in [2.75, 3.05) is 11.1 Å². The molecule has 8 heteroatoms. The van der Waals surface area contributed by atoms with Gasteiger partial charge in [0.2, 0.25) is 11.9 Å². The van der Waals surface area contributed by atoms with Crippen LogP contribution in [0.15, 0.2) is 53.3 Å². The topological polar surface area (TPSA) is 98.7 Å². The molecule has 0 aromatic carbocycles. The van der Waals surface area contributed by atoms with E-state index in [2.05, 4.69) is 26.4 Å². The van der Waals surface area contributed by atoms with Crippen LogP contribution in [0, 0.1) is 0 Å². The van der Waals surface area contributed by atoms with E-state index in [1.54, 1.807) is 28.4 Å². The van der Waals surface area contributed by atoms with Crippen LogP contribution in [0.5, 0.6) is 0 Å². The molecule has 0 spiro atoms. The van der Waals surface area contributed by atoms with E-state index in [1.165, 1.54) is 4.88 Å². The van der Waals surface area contributed by atoms with Gasteiger partial charge in [0.05, 0.1) is 0 Å². The first-order chi connectivity index (χ1) is 12.7. The number of carbonyl (C=O) groups excluding carboxylic acids is 1. The molecule has 3 N–H and O–H groups in total. The summed E-state index contributed by atoms with van der Waals surface area (Å²) in [7, 11) is 0. The predicted molar refractivity (Wildman–Crippen MR) is 98.8 cm³/mol. The van der Waals surface area contributed by atoms with E-state index in [1.807, 2.05) is 23.6 Å². The van der Waals surface area contributed by atoms with Gasteiger partial charge in [0, 0.05) is 40.9 Å². The fourth-order valence-electron chi connectivity index (χ4n) is 3.80. The van der Waals surface area contributed by atoms with Crippen molar-refractivity contribution in [2.45, 2.75) is 24.8 Å². The summed E-state index contributed by atoms with van der Waals surface area (Å²) in [4.78, 5) is 22.9. The minimum Gasteiger partial charge on any atom is -0.366 e. The van der Waals surface area contributed by atoms with Crippen molar-refractivity contribution in [3.63, 3.8) is 0 Å². The van der Waals surface area contributed by atoms with Gasteiger partial charge in [-0.3, -0.25) is 9.78 Å². The Morgan fingerprint density at radius 2 is 2.19 bits per heavy atom. The number of rotatable bonds is 2. The molecule has 0 amide bonds. The monoisotopic (exact) mass is 364 g/mol. The van der Waals surface area contributed by atoms with E-state index in [-0.39, 0.29) is 23.7 Å². The highest BCUT2D eigenvalue weighted by atomic mass is 32.1. The summed E-state index contributed by atoms with van der Waals surface area (Å²) >= 11 is 1.69. The van der Waals surface area contributed by atoms with Crippen LogP contribution in [-0.4, -0.2) is 25.5 Å². The van der Waals surface area contributed by atoms with Crippen molar-refractivity contribution >= 4 is 29.0 Å². The Morgan fingerprint density at radius 1 is 1.27 bits per heavy atom. The lowest BCUT2D eigenvalue weighted by atomic mass is 9.80. The SMILES string of the molecule is Nc1nc2n(n1)[C@@H](c1cccnc1)C1=C(C[C@H](c3cccs3)CC1=O)N2. The normalized spacial score (nSPS) is 21.9. The van der Waals surface area contributed by atoms with Gasteiger partial charge in [0.15, 0.2) is 5.78 Å². The number of thiophene rings is 1. The van der Waals surface area contributed by atoms with Gasteiger partial charge < -0.3 is 11.1 Å². The maximum absolute atomic E-state index is 13.1. The average molecular weight is 364 g/mol. The molecule has 2 atom stereocenters. The highest BCUT2D eigenvalue weighted by Crippen LogP contribution is 2.44. The molecule has 0 unspecified atom stereocenters. The number of pyridine rings is 1. The van der Waals surface area contributed by atoms with Gasteiger partial charge >= 0.3 is 0 Å². The van der Waals surface area contributed by atoms with E-state index < -0.39 is 0 Å². The number of nitrogens with one attached hydrogen (secondary N) is 1. The van der Waals surface area contributed by atoms with E-state index >= 15 is 0 Å². The van der Waals surface area contributed by atoms with Crippen LogP contribution < -0.4 is 11.1 Å². The Bertz CT molecular complexity index is 1010. The predicted octanol–water partition coefficient (Wildman–Crippen LogP) is 2.73. The lowest BCUT2D eigenvalue weighted by Gasteiger charge is -2.34. The number of anilines is 2. The Hall–Kier alpha value is -3.00. The number of nitrogens with zero attached hydrogens (tertiary/aromatic N) is 4. The third-order valence-corrected chi connectivity index (χ3v) is 5.92. The van der Waals surface area contributed by atoms with Crippen molar-refractivity contribution in [1.29, 1.82) is 0 Å². The highest BCUT2D eigenvalue weighted by Gasteiger charge is 2.39. The van der Waals surface area contributed by atoms with Crippen LogP contribution in [0.1, 0.15) is 35.2 Å². The van der Waals surface area contributed by atoms with Crippen molar-refractivity contribution in [3.8, 4) is 0 Å². The Balaban J connectivity index is 1.64. The number of aromatic nitrogens is 4. The zero-order valence-corrected chi connectivity index (χ0v) is 14.6. The maximum Gasteiger partial charge on any atom is 0.241 e. The van der Waals surface area contributed by atoms with Crippen molar-refractivity contribution < 1.29 is 4.79 Å². The molecule has 0 saturated heterocycles. The first kappa shape index (κ1) is 15.3. The molecule has 0 radical (unpaired) electrons. The first-order valence-electron chi connectivity index (χ1n) is 8.39. The maximum atomic E-state index is 13.1. The molecular weight excluding hydrogens is 348 g/mol. The van der Waals surface area contributed by atoms with Crippen LogP contribution in [-0.2, 0) is 4.79 Å². The molecule has 0 bridgehead atoms. The first-order valence-corrected chi connectivity index (χ1v) is 9.27. The van der Waals surface area contributed by atoms with E-state index in [0.717, 1.165) is 23.3 Å². The van der Waals surface area contributed by atoms with Gasteiger partial charge in [-0.05, 0) is 29.5 Å². The Labute approximate surface area is 153 Å². The Morgan fingerprint density at radius 3 is 2.96 bits per heavy atom. The van der Waals surface area contributed by atoms with Crippen LogP contribution in [0.25, 0.3) is 0 Å². The number of hydrogen-bond acceptors (Lipinski definition) is 7. The van der Waals surface area contributed by atoms with Crippen LogP contribution in [0.4, 0.5) is 11.9 Å². The molecule has 5 rings (SSSR count). The summed E-state index contributed by atoms with van der Waals surface area (Å²) in [6.45, 7) is 0. The van der Waals surface area contributed by atoms with Gasteiger partial charge in [-0.25, -0.2) is 4.68 Å². The molecule has 3 aromatic heterocycles. The summed E-state index contributed by atoms with van der Waals surface area (Å²) in [5, 5.41) is 9.66. The molecule has 2 aliphatic rings. The smallest absolute Gasteiger partial charge is 0.241 e. The fourth-order valence-corrected chi connectivity index (χ4v) is 4.63. The lowest BCUT2D eigenvalue weighted by Crippen LogP contribution is -2.33. The molecule has 0 saturated carbocycles. The van der Waals surface area contributed by atoms with Crippen molar-refractivity contribution in [2.24, 2.45) is 0 Å². The van der Waals surface area contributed by atoms with Crippen LogP contribution in [0.3, 0.4) is 0 Å². The minimum absolute atomic E-state index is 0.130. The largest absolute Gasteiger partial charge is 0.366 e. The molecule has 130 valence electrons. The molecule has 1 aliphatic carbocycles. The van der Waals surface area contributed by atoms with Crippen LogP contribution in [0.2, 0.25) is 0 Å². The average Bonchev–Trinajstić information content (AvgIpc) is 3.29. The number of hydrogen-bond donors (Lipinski definition) is 2. The van der Waals surface area contributed by atoms with Crippen LogP contribution >= 0.6 is 11.3 Å². The quantitative estimate of drug-likeness (QED) is 0.725. The van der Waals surface area contributed by atoms with E-state index in [4.69, 9.17) is 5.73 Å². The number of nitrogens with two attached hydrogens (primary N) is 1. The summed E-state index contributed by atoms with van der Waals surface area (Å²) in [5.41, 5.74) is 8.38. The molecule has 1 aliphatic heterocycles. The zero-order valence-electron chi connectivity index (χ0n) is 13.8. The summed E-state index contributed by atoms with van der Waals surface area (Å²) in [6.07, 6.45) is 4.75. The number of fused-ring (bicyclic) bond motifs is 1. The van der Waals surface area contributed by atoms with Gasteiger partial charge in [0.1, 0.15) is 6.04 Å². The molecular formula is C18H16N6OS. The lowest BCUT2D eigenvalue weighted by molar-refractivity contribution is -0.116. The number of nitrogen functional groups attached to an aromatic ring is 1.